The van der Waals surface area contributed by atoms with E-state index in [9.17, 15) is 21.6 Å². The van der Waals surface area contributed by atoms with Gasteiger partial charge in [-0.2, -0.15) is 0 Å². The second kappa shape index (κ2) is 11.0. The molecule has 9 nitrogen and oxygen atoms in total. The topological polar surface area (TPSA) is 128 Å². The number of amides is 1. The molecule has 1 heterocycles. The van der Waals surface area contributed by atoms with Gasteiger partial charge in [-0.1, -0.05) is 35.3 Å². The highest BCUT2D eigenvalue weighted by Crippen LogP contribution is 2.35. The van der Waals surface area contributed by atoms with Crippen molar-refractivity contribution in [2.45, 2.75) is 16.2 Å². The van der Waals surface area contributed by atoms with Crippen LogP contribution in [0, 0.1) is 0 Å². The Balaban J connectivity index is 1.42. The van der Waals surface area contributed by atoms with E-state index in [-0.39, 0.29) is 27.9 Å². The van der Waals surface area contributed by atoms with Crippen LogP contribution in [0.4, 0.5) is 5.69 Å². The maximum Gasteiger partial charge on any atom is 0.261 e. The van der Waals surface area contributed by atoms with Crippen molar-refractivity contribution in [3.05, 3.63) is 88.0 Å². The minimum absolute atomic E-state index is 0.0755. The van der Waals surface area contributed by atoms with Crippen LogP contribution < -0.4 is 9.44 Å². The fourth-order valence-electron chi connectivity index (χ4n) is 3.74. The Morgan fingerprint density at radius 3 is 2.05 bits per heavy atom. The molecule has 13 heteroatoms. The molecule has 0 saturated heterocycles. The molecular weight excluding hydrogens is 571 g/mol. The van der Waals surface area contributed by atoms with Crippen LogP contribution in [0.5, 0.6) is 0 Å². The van der Waals surface area contributed by atoms with E-state index < -0.39 is 20.0 Å². The monoisotopic (exact) mass is 594 g/mol. The highest BCUT2D eigenvalue weighted by atomic mass is 35.5. The summed E-state index contributed by atoms with van der Waals surface area (Å²) in [6, 6.07) is 14.8. The number of sulfonamides is 2. The van der Waals surface area contributed by atoms with E-state index >= 15 is 0 Å². The van der Waals surface area contributed by atoms with Crippen molar-refractivity contribution in [3.63, 3.8) is 0 Å². The van der Waals surface area contributed by atoms with E-state index in [1.165, 1.54) is 47.5 Å². The summed E-state index contributed by atoms with van der Waals surface area (Å²) in [4.78, 5) is 16.2. The summed E-state index contributed by atoms with van der Waals surface area (Å²) >= 11 is 12.3. The highest BCUT2D eigenvalue weighted by Gasteiger charge is 2.20. The third-order valence-corrected chi connectivity index (χ3v) is 9.21. The van der Waals surface area contributed by atoms with Crippen LogP contribution in [0.3, 0.4) is 0 Å². The average molecular weight is 596 g/mol. The van der Waals surface area contributed by atoms with Gasteiger partial charge in [0, 0.05) is 37.8 Å². The van der Waals surface area contributed by atoms with Gasteiger partial charge >= 0.3 is 0 Å². The van der Waals surface area contributed by atoms with Gasteiger partial charge in [-0.3, -0.25) is 9.52 Å². The maximum atomic E-state index is 13.0. The number of aromatic amines is 1. The summed E-state index contributed by atoms with van der Waals surface area (Å²) in [5, 5.41) is 1.20. The van der Waals surface area contributed by atoms with Gasteiger partial charge < -0.3 is 9.88 Å². The van der Waals surface area contributed by atoms with Gasteiger partial charge in [0.05, 0.1) is 31.0 Å². The van der Waals surface area contributed by atoms with Crippen molar-refractivity contribution >= 4 is 65.7 Å². The van der Waals surface area contributed by atoms with Gasteiger partial charge in [0.2, 0.25) is 10.0 Å². The van der Waals surface area contributed by atoms with Crippen molar-refractivity contribution in [1.29, 1.82) is 0 Å². The van der Waals surface area contributed by atoms with Gasteiger partial charge in [0.1, 0.15) is 0 Å². The molecule has 0 unspecified atom stereocenters. The Bertz CT molecular complexity index is 1700. The Kier molecular flexibility index (Phi) is 8.05. The van der Waals surface area contributed by atoms with E-state index in [2.05, 4.69) is 14.4 Å². The van der Waals surface area contributed by atoms with Crippen LogP contribution in [0.15, 0.2) is 76.7 Å². The Morgan fingerprint density at radius 2 is 1.45 bits per heavy atom. The van der Waals surface area contributed by atoms with E-state index in [4.69, 9.17) is 23.2 Å². The van der Waals surface area contributed by atoms with Crippen molar-refractivity contribution in [2.75, 3.05) is 25.4 Å². The molecule has 1 aromatic heterocycles. The van der Waals surface area contributed by atoms with Gasteiger partial charge in [0.15, 0.2) is 0 Å². The summed E-state index contributed by atoms with van der Waals surface area (Å²) in [7, 11) is -4.58. The number of fused-ring (bicyclic) bond motifs is 1. The molecular formula is C25H24Cl2N4O5S2. The molecule has 3 aromatic carbocycles. The van der Waals surface area contributed by atoms with Crippen molar-refractivity contribution in [1.82, 2.24) is 14.6 Å². The fraction of sp³-hybridized carbons (Fsp3) is 0.160. The Labute approximate surface area is 230 Å². The molecule has 3 N–H and O–H groups in total. The van der Waals surface area contributed by atoms with Gasteiger partial charge in [-0.05, 0) is 60.5 Å². The summed E-state index contributed by atoms with van der Waals surface area (Å²) < 4.78 is 56.3. The summed E-state index contributed by atoms with van der Waals surface area (Å²) in [6.45, 7) is 0.121. The third-order valence-electron chi connectivity index (χ3n) is 5.74. The third kappa shape index (κ3) is 5.97. The maximum absolute atomic E-state index is 13.0. The molecule has 38 heavy (non-hydrogen) atoms. The molecule has 0 spiro atoms. The molecule has 4 aromatic rings. The lowest BCUT2D eigenvalue weighted by atomic mass is 10.1. The number of benzene rings is 3. The van der Waals surface area contributed by atoms with Crippen molar-refractivity contribution in [3.8, 4) is 0 Å². The quantitative estimate of drug-likeness (QED) is 0.263. The van der Waals surface area contributed by atoms with Gasteiger partial charge in [-0.25, -0.2) is 21.6 Å². The first-order valence-electron chi connectivity index (χ1n) is 11.3. The van der Waals surface area contributed by atoms with Gasteiger partial charge in [-0.15, -0.1) is 0 Å². The molecule has 0 saturated carbocycles. The Hall–Kier alpha value is -3.09. The molecule has 4 rings (SSSR count). The number of aromatic nitrogens is 1. The minimum Gasteiger partial charge on any atom is -0.358 e. The number of rotatable bonds is 9. The standard InChI is InChI=1S/C25H24Cl2N4O5S2/c1-31(2)25(32)17-5-3-16(4-6-17)13-14-29-37(33,34)18-7-9-19(10-8-18)38(35,36)30-22-12-11-20(26)23-21(27)15-28-24(22)23/h3-12,15,28-30H,13-14H2,1-2H3. The predicted molar refractivity (Wildman–Crippen MR) is 149 cm³/mol. The number of carbonyl (C=O) groups is 1. The first-order chi connectivity index (χ1) is 17.9. The molecule has 0 radical (unpaired) electrons. The summed E-state index contributed by atoms with van der Waals surface area (Å²) in [6.07, 6.45) is 1.91. The van der Waals surface area contributed by atoms with Crippen molar-refractivity contribution < 1.29 is 21.6 Å². The van der Waals surface area contributed by atoms with Crippen LogP contribution >= 0.6 is 23.2 Å². The zero-order valence-corrected chi connectivity index (χ0v) is 23.5. The molecule has 0 atom stereocenters. The number of carbonyl (C=O) groups excluding carboxylic acids is 1. The molecule has 0 bridgehead atoms. The first-order valence-corrected chi connectivity index (χ1v) is 15.0. The lowest BCUT2D eigenvalue weighted by Gasteiger charge is -2.12. The number of hydrogen-bond acceptors (Lipinski definition) is 5. The number of hydrogen-bond donors (Lipinski definition) is 3. The summed E-state index contributed by atoms with van der Waals surface area (Å²) in [5.41, 5.74) is 2.07. The number of anilines is 1. The van der Waals surface area contributed by atoms with Crippen LogP contribution in [0.1, 0.15) is 15.9 Å². The predicted octanol–water partition coefficient (Wildman–Crippen LogP) is 4.50. The van der Waals surface area contributed by atoms with Crippen LogP contribution in [-0.4, -0.2) is 53.3 Å². The number of H-pyrrole nitrogens is 1. The Morgan fingerprint density at radius 1 is 0.842 bits per heavy atom. The first kappa shape index (κ1) is 27.9. The molecule has 0 aliphatic carbocycles. The lowest BCUT2D eigenvalue weighted by molar-refractivity contribution is 0.0827. The number of halogens is 2. The van der Waals surface area contributed by atoms with Crippen molar-refractivity contribution in [2.24, 2.45) is 0 Å². The van der Waals surface area contributed by atoms with E-state index in [0.717, 1.165) is 5.56 Å². The largest absolute Gasteiger partial charge is 0.358 e. The number of nitrogens with zero attached hydrogens (tertiary/aromatic N) is 1. The van der Waals surface area contributed by atoms with E-state index in [1.807, 2.05) is 0 Å². The highest BCUT2D eigenvalue weighted by molar-refractivity contribution is 7.92. The van der Waals surface area contributed by atoms with Gasteiger partial charge in [0.25, 0.3) is 15.9 Å². The zero-order chi connectivity index (χ0) is 27.7. The zero-order valence-electron chi connectivity index (χ0n) is 20.3. The summed E-state index contributed by atoms with van der Waals surface area (Å²) in [5.74, 6) is -0.118. The molecule has 0 aliphatic heterocycles. The molecule has 1 amide bonds. The lowest BCUT2D eigenvalue weighted by Crippen LogP contribution is -2.26. The normalized spacial score (nSPS) is 12.0. The van der Waals surface area contributed by atoms with Crippen LogP contribution in [-0.2, 0) is 26.5 Å². The number of nitrogens with one attached hydrogen (secondary N) is 3. The average Bonchev–Trinajstić information content (AvgIpc) is 3.28. The molecule has 200 valence electrons. The van der Waals surface area contributed by atoms with Crippen LogP contribution in [0.25, 0.3) is 10.9 Å². The molecule has 0 fully saturated rings. The van der Waals surface area contributed by atoms with E-state index in [0.29, 0.717) is 32.9 Å². The SMILES string of the molecule is CN(C)C(=O)c1ccc(CCNS(=O)(=O)c2ccc(S(=O)(=O)Nc3ccc(Cl)c4c(Cl)c[nH]c34)cc2)cc1. The minimum atomic E-state index is -4.04. The second-order valence-electron chi connectivity index (χ2n) is 8.60. The second-order valence-corrected chi connectivity index (χ2v) is 12.9. The smallest absolute Gasteiger partial charge is 0.261 e. The fourth-order valence-corrected chi connectivity index (χ4v) is 6.40. The molecule has 0 aliphatic rings. The van der Waals surface area contributed by atoms with Crippen LogP contribution in [0.2, 0.25) is 10.0 Å². The van der Waals surface area contributed by atoms with E-state index in [1.54, 1.807) is 38.4 Å².